The van der Waals surface area contributed by atoms with E-state index in [1.165, 1.54) is 5.57 Å². The number of hydrogen-bond donors (Lipinski definition) is 0. The van der Waals surface area contributed by atoms with Gasteiger partial charge in [0, 0.05) is 5.37 Å². The van der Waals surface area contributed by atoms with Gasteiger partial charge in [0.15, 0.2) is 0 Å². The summed E-state index contributed by atoms with van der Waals surface area (Å²) in [7, 11) is 0. The van der Waals surface area contributed by atoms with Gasteiger partial charge in [0.1, 0.15) is 0 Å². The van der Waals surface area contributed by atoms with Crippen LogP contribution in [-0.4, -0.2) is 5.37 Å². The largest absolute Gasteiger partial charge is 0.0885 e. The summed E-state index contributed by atoms with van der Waals surface area (Å²) in [5, 5.41) is 1.70. The van der Waals surface area contributed by atoms with E-state index in [4.69, 9.17) is 0 Å². The first kappa shape index (κ1) is 6.83. The molecular formula is C6H10S. The SMILES string of the molecule is CCC=C(C)C=S. The van der Waals surface area contributed by atoms with Gasteiger partial charge in [-0.25, -0.2) is 0 Å². The van der Waals surface area contributed by atoms with Crippen LogP contribution < -0.4 is 0 Å². The van der Waals surface area contributed by atoms with Crippen molar-refractivity contribution in [2.45, 2.75) is 20.3 Å². The fourth-order valence-corrected chi connectivity index (χ4v) is 0.466. The molecule has 0 amide bonds. The van der Waals surface area contributed by atoms with E-state index in [1.54, 1.807) is 5.37 Å². The molecule has 0 aromatic heterocycles. The Bertz CT molecular complexity index is 82.2. The molecule has 0 aliphatic rings. The molecule has 0 saturated carbocycles. The molecule has 0 aliphatic heterocycles. The average molecular weight is 114 g/mol. The van der Waals surface area contributed by atoms with Crippen molar-refractivity contribution in [1.29, 1.82) is 0 Å². The number of thiocarbonyl (C=S) groups is 1. The minimum absolute atomic E-state index is 1.08. The highest BCUT2D eigenvalue weighted by Gasteiger charge is 1.73. The summed E-state index contributed by atoms with van der Waals surface area (Å²) >= 11 is 4.65. The number of allylic oxidation sites excluding steroid dienone is 2. The Kier molecular flexibility index (Phi) is 3.90. The van der Waals surface area contributed by atoms with E-state index in [0.717, 1.165) is 6.42 Å². The first-order valence-corrected chi connectivity index (χ1v) is 2.90. The predicted molar refractivity (Wildman–Crippen MR) is 37.7 cm³/mol. The zero-order valence-electron chi connectivity index (χ0n) is 4.77. The van der Waals surface area contributed by atoms with Gasteiger partial charge in [-0.1, -0.05) is 25.2 Å². The molecule has 0 aromatic carbocycles. The predicted octanol–water partition coefficient (Wildman–Crippen LogP) is 2.34. The lowest BCUT2D eigenvalue weighted by Gasteiger charge is -1.81. The molecule has 0 saturated heterocycles. The Morgan fingerprint density at radius 3 is 2.43 bits per heavy atom. The van der Waals surface area contributed by atoms with Gasteiger partial charge in [0.05, 0.1) is 0 Å². The van der Waals surface area contributed by atoms with Crippen molar-refractivity contribution in [3.05, 3.63) is 11.6 Å². The Labute approximate surface area is 50.2 Å². The summed E-state index contributed by atoms with van der Waals surface area (Å²) in [6.07, 6.45) is 3.19. The lowest BCUT2D eigenvalue weighted by atomic mass is 10.3. The van der Waals surface area contributed by atoms with E-state index in [1.807, 2.05) is 6.92 Å². The van der Waals surface area contributed by atoms with E-state index in [2.05, 4.69) is 25.2 Å². The van der Waals surface area contributed by atoms with Gasteiger partial charge >= 0.3 is 0 Å². The molecule has 0 aliphatic carbocycles. The summed E-state index contributed by atoms with van der Waals surface area (Å²) in [6, 6.07) is 0. The van der Waals surface area contributed by atoms with E-state index < -0.39 is 0 Å². The number of hydrogen-bond acceptors (Lipinski definition) is 1. The van der Waals surface area contributed by atoms with Gasteiger partial charge in [-0.2, -0.15) is 0 Å². The maximum Gasteiger partial charge on any atom is 0.00396 e. The molecule has 7 heavy (non-hydrogen) atoms. The standard InChI is InChI=1S/C6H10S/c1-3-4-6(2)5-7/h4-5H,3H2,1-2H3. The van der Waals surface area contributed by atoms with Gasteiger partial charge in [-0.15, -0.1) is 0 Å². The molecule has 0 spiro atoms. The summed E-state index contributed by atoms with van der Waals surface area (Å²) in [5.41, 5.74) is 1.19. The molecule has 0 nitrogen and oxygen atoms in total. The van der Waals surface area contributed by atoms with Crippen LogP contribution >= 0.6 is 12.2 Å². The van der Waals surface area contributed by atoms with Gasteiger partial charge in [0.2, 0.25) is 0 Å². The highest BCUT2D eigenvalue weighted by atomic mass is 32.1. The second kappa shape index (κ2) is 4.00. The molecule has 0 fully saturated rings. The van der Waals surface area contributed by atoms with Crippen LogP contribution in [0.4, 0.5) is 0 Å². The normalized spacial score (nSPS) is 11.4. The van der Waals surface area contributed by atoms with Crippen molar-refractivity contribution in [3.8, 4) is 0 Å². The highest BCUT2D eigenvalue weighted by molar-refractivity contribution is 7.79. The van der Waals surface area contributed by atoms with Crippen molar-refractivity contribution in [2.75, 3.05) is 0 Å². The van der Waals surface area contributed by atoms with E-state index >= 15 is 0 Å². The van der Waals surface area contributed by atoms with Crippen LogP contribution in [0.25, 0.3) is 0 Å². The van der Waals surface area contributed by atoms with Crippen LogP contribution in [0.2, 0.25) is 0 Å². The van der Waals surface area contributed by atoms with Crippen LogP contribution in [0.5, 0.6) is 0 Å². The summed E-state index contributed by atoms with van der Waals surface area (Å²) in [4.78, 5) is 0. The highest BCUT2D eigenvalue weighted by Crippen LogP contribution is 1.88. The number of rotatable bonds is 2. The zero-order valence-corrected chi connectivity index (χ0v) is 5.59. The maximum atomic E-state index is 4.65. The van der Waals surface area contributed by atoms with Gasteiger partial charge in [0.25, 0.3) is 0 Å². The second-order valence-corrected chi connectivity index (χ2v) is 1.71. The smallest absolute Gasteiger partial charge is 0.00396 e. The molecule has 0 atom stereocenters. The molecule has 0 aromatic rings. The minimum Gasteiger partial charge on any atom is -0.0885 e. The average Bonchev–Trinajstić information content (AvgIpc) is 1.68. The first-order chi connectivity index (χ1) is 3.31. The molecule has 0 heterocycles. The van der Waals surface area contributed by atoms with Gasteiger partial charge < -0.3 is 0 Å². The van der Waals surface area contributed by atoms with E-state index in [9.17, 15) is 0 Å². The quantitative estimate of drug-likeness (QED) is 0.392. The van der Waals surface area contributed by atoms with Crippen molar-refractivity contribution in [2.24, 2.45) is 0 Å². The Morgan fingerprint density at radius 1 is 1.71 bits per heavy atom. The van der Waals surface area contributed by atoms with Crippen molar-refractivity contribution in [3.63, 3.8) is 0 Å². The molecule has 1 heteroatoms. The van der Waals surface area contributed by atoms with Crippen LogP contribution in [-0.2, 0) is 0 Å². The van der Waals surface area contributed by atoms with Crippen molar-refractivity contribution >= 4 is 17.6 Å². The van der Waals surface area contributed by atoms with Crippen molar-refractivity contribution in [1.82, 2.24) is 0 Å². The van der Waals surface area contributed by atoms with Crippen LogP contribution in [0.15, 0.2) is 11.6 Å². The van der Waals surface area contributed by atoms with Gasteiger partial charge in [-0.05, 0) is 18.9 Å². The van der Waals surface area contributed by atoms with Crippen molar-refractivity contribution < 1.29 is 0 Å². The van der Waals surface area contributed by atoms with Crippen LogP contribution in [0.1, 0.15) is 20.3 Å². The maximum absolute atomic E-state index is 4.65. The van der Waals surface area contributed by atoms with E-state index in [-0.39, 0.29) is 0 Å². The third kappa shape index (κ3) is 3.67. The fourth-order valence-electron chi connectivity index (χ4n) is 0.370. The minimum atomic E-state index is 1.08. The summed E-state index contributed by atoms with van der Waals surface area (Å²) in [5.74, 6) is 0. The lowest BCUT2D eigenvalue weighted by molar-refractivity contribution is 1.21. The lowest BCUT2D eigenvalue weighted by Crippen LogP contribution is -1.69. The van der Waals surface area contributed by atoms with Crippen LogP contribution in [0, 0.1) is 0 Å². The zero-order chi connectivity index (χ0) is 5.70. The van der Waals surface area contributed by atoms with E-state index in [0.29, 0.717) is 0 Å². The third-order valence-corrected chi connectivity index (χ3v) is 1.08. The molecule has 40 valence electrons. The topological polar surface area (TPSA) is 0 Å². The molecule has 0 unspecified atom stereocenters. The fraction of sp³-hybridized carbons (Fsp3) is 0.500. The molecule has 0 rings (SSSR count). The Hall–Kier alpha value is -0.170. The molecule has 0 bridgehead atoms. The molecule has 0 N–H and O–H groups in total. The first-order valence-electron chi connectivity index (χ1n) is 2.43. The van der Waals surface area contributed by atoms with Gasteiger partial charge in [-0.3, -0.25) is 0 Å². The monoisotopic (exact) mass is 114 g/mol. The Morgan fingerprint density at radius 2 is 2.29 bits per heavy atom. The van der Waals surface area contributed by atoms with Crippen LogP contribution in [0.3, 0.4) is 0 Å². The molecule has 0 radical (unpaired) electrons. The third-order valence-electron chi connectivity index (χ3n) is 0.712. The second-order valence-electron chi connectivity index (χ2n) is 1.47. The molecular weight excluding hydrogens is 104 g/mol. The summed E-state index contributed by atoms with van der Waals surface area (Å²) in [6.45, 7) is 4.11. The Balaban J connectivity index is 3.49. The summed E-state index contributed by atoms with van der Waals surface area (Å²) < 4.78 is 0.